The molecule has 1 aliphatic carbocycles. The number of rotatable bonds is 6. The van der Waals surface area contributed by atoms with Gasteiger partial charge in [0.05, 0.1) is 16.9 Å². The van der Waals surface area contributed by atoms with Crippen molar-refractivity contribution in [1.29, 1.82) is 0 Å². The van der Waals surface area contributed by atoms with Gasteiger partial charge in [-0.3, -0.25) is 19.8 Å². The number of ketones is 1. The van der Waals surface area contributed by atoms with E-state index >= 15 is 0 Å². The number of para-hydroxylation sites is 1. The number of fused-ring (bicyclic) bond motifs is 1. The first-order chi connectivity index (χ1) is 13.4. The van der Waals surface area contributed by atoms with Gasteiger partial charge < -0.3 is 0 Å². The molecule has 6 heteroatoms. The van der Waals surface area contributed by atoms with Gasteiger partial charge in [0.25, 0.3) is 5.70 Å². The van der Waals surface area contributed by atoms with E-state index in [4.69, 9.17) is 0 Å². The Morgan fingerprint density at radius 3 is 2.64 bits per heavy atom. The number of benzene rings is 1. The average molecular weight is 398 g/mol. The van der Waals surface area contributed by atoms with E-state index in [9.17, 15) is 14.9 Å². The molecule has 0 saturated carbocycles. The van der Waals surface area contributed by atoms with Crippen LogP contribution in [0.2, 0.25) is 0 Å². The van der Waals surface area contributed by atoms with Crippen LogP contribution in [0.25, 0.3) is 0 Å². The van der Waals surface area contributed by atoms with Crippen LogP contribution in [-0.4, -0.2) is 23.0 Å². The predicted octanol–water partition coefficient (Wildman–Crippen LogP) is 3.31. The van der Waals surface area contributed by atoms with Crippen molar-refractivity contribution in [3.8, 4) is 0 Å². The fourth-order valence-corrected chi connectivity index (χ4v) is 4.13. The van der Waals surface area contributed by atoms with Gasteiger partial charge in [0.1, 0.15) is 11.4 Å². The van der Waals surface area contributed by atoms with Gasteiger partial charge in [0.2, 0.25) is 0 Å². The zero-order valence-corrected chi connectivity index (χ0v) is 17.0. The van der Waals surface area contributed by atoms with Crippen LogP contribution in [-0.2, 0) is 10.2 Å². The Balaban J connectivity index is 2.01. The number of thiol groups is 1. The lowest BCUT2D eigenvalue weighted by Gasteiger charge is -2.21. The van der Waals surface area contributed by atoms with Crippen LogP contribution in [0.5, 0.6) is 0 Å². The number of hydrogen-bond acceptors (Lipinski definition) is 4. The molecule has 1 N–H and O–H groups in total. The smallest absolute Gasteiger partial charge is 0.270 e. The van der Waals surface area contributed by atoms with E-state index in [1.807, 2.05) is 6.08 Å². The molecule has 1 aromatic rings. The Hall–Kier alpha value is -2.44. The summed E-state index contributed by atoms with van der Waals surface area (Å²) in [5.74, 6) is 0.642. The highest BCUT2D eigenvalue weighted by Crippen LogP contribution is 2.38. The fraction of sp³-hybridized carbons (Fsp3) is 0.318. The lowest BCUT2D eigenvalue weighted by Crippen LogP contribution is -3.04. The topological polar surface area (TPSA) is 64.7 Å². The molecule has 5 nitrogen and oxygen atoms in total. The Labute approximate surface area is 170 Å². The summed E-state index contributed by atoms with van der Waals surface area (Å²) in [5, 5.41) is 11.0. The van der Waals surface area contributed by atoms with E-state index in [0.717, 1.165) is 25.1 Å². The third kappa shape index (κ3) is 3.88. The summed E-state index contributed by atoms with van der Waals surface area (Å²) >= 11 is 4.32. The lowest BCUT2D eigenvalue weighted by atomic mass is 9.83. The number of hydrogen-bond donors (Lipinski definition) is 2. The number of allylic oxidation sites excluding steroid dienone is 7. The van der Waals surface area contributed by atoms with E-state index in [1.54, 1.807) is 6.08 Å². The van der Waals surface area contributed by atoms with Crippen LogP contribution in [0.1, 0.15) is 32.3 Å². The van der Waals surface area contributed by atoms with Gasteiger partial charge in [-0.05, 0) is 56.7 Å². The van der Waals surface area contributed by atoms with Crippen molar-refractivity contribution in [2.45, 2.75) is 32.1 Å². The summed E-state index contributed by atoms with van der Waals surface area (Å²) in [4.78, 5) is 24.0. The minimum absolute atomic E-state index is 0.0730. The zero-order chi connectivity index (χ0) is 20.3. The molecule has 1 aliphatic heterocycles. The first-order valence-corrected chi connectivity index (χ1v) is 10.1. The number of nitrogens with zero attached hydrogens (tertiary/aromatic N) is 1. The number of unbranched alkanes of at least 4 members (excludes halogenated alkanes) is 1. The van der Waals surface area contributed by atoms with Crippen LogP contribution < -0.4 is 4.90 Å². The molecule has 2 aliphatic rings. The highest BCUT2D eigenvalue weighted by Gasteiger charge is 2.44. The predicted molar refractivity (Wildman–Crippen MR) is 113 cm³/mol. The molecular formula is C22H25N2O3S+. The average Bonchev–Trinajstić information content (AvgIpc) is 2.88. The molecule has 0 fully saturated rings. The molecule has 1 heterocycles. The van der Waals surface area contributed by atoms with Crippen LogP contribution in [0.4, 0.5) is 5.69 Å². The second kappa shape index (κ2) is 8.29. The summed E-state index contributed by atoms with van der Waals surface area (Å²) in [6, 6.07) is 8.41. The highest BCUT2D eigenvalue weighted by molar-refractivity contribution is 7.80. The largest absolute Gasteiger partial charge is 0.289 e. The molecule has 0 bridgehead atoms. The maximum atomic E-state index is 12.2. The molecule has 0 radical (unpaired) electrons. The van der Waals surface area contributed by atoms with Crippen LogP contribution >= 0.6 is 12.6 Å². The third-order valence-electron chi connectivity index (χ3n) is 5.39. The van der Waals surface area contributed by atoms with Crippen molar-refractivity contribution in [2.75, 3.05) is 12.3 Å². The quantitative estimate of drug-likeness (QED) is 0.254. The molecule has 0 aromatic heterocycles. The number of carbonyl (C=O) groups excluding carboxylic acids is 1. The van der Waals surface area contributed by atoms with E-state index in [-0.39, 0.29) is 16.9 Å². The van der Waals surface area contributed by atoms with E-state index in [2.05, 4.69) is 50.7 Å². The standard InChI is InChI=1S/C22H24N2O3S/c1-22(2)18-7-3-4-8-19(18)23(13-5-6-14-28)21(22)12-9-16-15-17(24(26)27)10-11-20(16)25/h3-4,7-12,15,28H,5-6,13-14H2,1-2H3/p+1. The number of quaternary nitrogens is 1. The lowest BCUT2D eigenvalue weighted by molar-refractivity contribution is -0.789. The van der Waals surface area contributed by atoms with Gasteiger partial charge in [-0.25, -0.2) is 0 Å². The van der Waals surface area contributed by atoms with Crippen molar-refractivity contribution >= 4 is 24.1 Å². The Bertz CT molecular complexity index is 925. The van der Waals surface area contributed by atoms with Crippen molar-refractivity contribution in [3.63, 3.8) is 0 Å². The van der Waals surface area contributed by atoms with E-state index in [0.29, 0.717) is 5.57 Å². The normalized spacial score (nSPS) is 23.2. The Kier molecular flexibility index (Phi) is 6.01. The van der Waals surface area contributed by atoms with E-state index in [1.165, 1.54) is 40.1 Å². The van der Waals surface area contributed by atoms with Gasteiger partial charge in [0.15, 0.2) is 5.78 Å². The Morgan fingerprint density at radius 2 is 1.93 bits per heavy atom. The third-order valence-corrected chi connectivity index (χ3v) is 5.71. The minimum Gasteiger partial charge on any atom is -0.289 e. The molecule has 1 aromatic carbocycles. The first-order valence-electron chi connectivity index (χ1n) is 9.44. The minimum atomic E-state index is -0.478. The summed E-state index contributed by atoms with van der Waals surface area (Å²) in [6.07, 6.45) is 9.62. The molecule has 0 saturated heterocycles. The monoisotopic (exact) mass is 397 g/mol. The van der Waals surface area contributed by atoms with E-state index < -0.39 is 4.92 Å². The molecule has 0 spiro atoms. The van der Waals surface area contributed by atoms with Crippen molar-refractivity contribution in [1.82, 2.24) is 0 Å². The second-order valence-corrected chi connectivity index (χ2v) is 8.00. The van der Waals surface area contributed by atoms with Crippen LogP contribution in [0, 0.1) is 10.1 Å². The molecule has 1 atom stereocenters. The summed E-state index contributed by atoms with van der Waals surface area (Å²) in [7, 11) is 0. The SMILES string of the molecule is CC1(C)C(=CC=C2C=C([N+](=O)[O-])C=CC2=O)[NH+](CCCCS)c2ccccc21. The molecular weight excluding hydrogens is 372 g/mol. The zero-order valence-electron chi connectivity index (χ0n) is 16.1. The summed E-state index contributed by atoms with van der Waals surface area (Å²) in [5.41, 5.74) is 3.77. The maximum Gasteiger partial charge on any atom is 0.270 e. The van der Waals surface area contributed by atoms with Gasteiger partial charge in [-0.1, -0.05) is 18.2 Å². The molecule has 1 unspecified atom stereocenters. The van der Waals surface area contributed by atoms with Crippen LogP contribution in [0.3, 0.4) is 0 Å². The van der Waals surface area contributed by atoms with Crippen molar-refractivity contribution < 1.29 is 14.6 Å². The molecule has 3 rings (SSSR count). The fourth-order valence-electron chi connectivity index (χ4n) is 3.90. The van der Waals surface area contributed by atoms with Crippen molar-refractivity contribution in [2.24, 2.45) is 0 Å². The number of nitrogens with one attached hydrogen (secondary N) is 1. The molecule has 146 valence electrons. The Morgan fingerprint density at radius 1 is 1.18 bits per heavy atom. The van der Waals surface area contributed by atoms with Gasteiger partial charge in [0, 0.05) is 23.3 Å². The second-order valence-electron chi connectivity index (χ2n) is 7.56. The maximum absolute atomic E-state index is 12.2. The number of carbonyl (C=O) groups is 1. The molecule has 0 amide bonds. The van der Waals surface area contributed by atoms with Gasteiger partial charge in [-0.2, -0.15) is 12.6 Å². The first kappa shape index (κ1) is 20.3. The van der Waals surface area contributed by atoms with Gasteiger partial charge in [-0.15, -0.1) is 0 Å². The number of nitro groups is 1. The highest BCUT2D eigenvalue weighted by atomic mass is 32.1. The summed E-state index contributed by atoms with van der Waals surface area (Å²) < 4.78 is 0. The van der Waals surface area contributed by atoms with Gasteiger partial charge >= 0.3 is 0 Å². The van der Waals surface area contributed by atoms with Crippen LogP contribution in [0.15, 0.2) is 71.6 Å². The van der Waals surface area contributed by atoms with Crippen molar-refractivity contribution in [3.05, 3.63) is 87.3 Å². The summed E-state index contributed by atoms with van der Waals surface area (Å²) in [6.45, 7) is 5.31. The molecule has 28 heavy (non-hydrogen) atoms.